The monoisotopic (exact) mass is 717 g/mol. The van der Waals surface area contributed by atoms with E-state index in [0.717, 1.165) is 99.7 Å². The molecule has 262 valence electrons. The van der Waals surface area contributed by atoms with Gasteiger partial charge in [-0.15, -0.1) is 5.10 Å². The zero-order chi connectivity index (χ0) is 36.7. The molecular weight excluding hydrogens is 687 g/mol. The summed E-state index contributed by atoms with van der Waals surface area (Å²) in [6, 6.07) is 66.1. The summed E-state index contributed by atoms with van der Waals surface area (Å²) in [5.41, 5.74) is 13.1. The molecule has 0 aliphatic heterocycles. The summed E-state index contributed by atoms with van der Waals surface area (Å²) in [5, 5.41) is 16.6. The Hall–Kier alpha value is -7.70. The number of hydrogen-bond donors (Lipinski definition) is 0. The molecule has 0 radical (unpaired) electrons. The van der Waals surface area contributed by atoms with Crippen molar-refractivity contribution in [3.8, 4) is 39.6 Å². The molecule has 8 aromatic carbocycles. The summed E-state index contributed by atoms with van der Waals surface area (Å²) in [6.07, 6.45) is 0. The second-order valence-electron chi connectivity index (χ2n) is 14.3. The summed E-state index contributed by atoms with van der Waals surface area (Å²) in [6.45, 7) is 0. The largest absolute Gasteiger partial charge is 0.455 e. The van der Waals surface area contributed by atoms with Crippen molar-refractivity contribution in [1.29, 1.82) is 0 Å². The van der Waals surface area contributed by atoms with Crippen LogP contribution in [0.1, 0.15) is 0 Å². The number of aromatic nitrogens is 5. The lowest BCUT2D eigenvalue weighted by Crippen LogP contribution is -2.04. The van der Waals surface area contributed by atoms with Gasteiger partial charge in [-0.3, -0.25) is 0 Å². The Labute approximate surface area is 320 Å². The number of hydrogen-bond acceptors (Lipinski definition) is 3. The second kappa shape index (κ2) is 11.9. The first kappa shape index (κ1) is 30.7. The van der Waals surface area contributed by atoms with E-state index in [1.165, 1.54) is 5.39 Å². The molecule has 0 atom stereocenters. The molecule has 12 rings (SSSR count). The van der Waals surface area contributed by atoms with Crippen LogP contribution in [0.15, 0.2) is 192 Å². The lowest BCUT2D eigenvalue weighted by molar-refractivity contribution is 0.673. The Morgan fingerprint density at radius 1 is 0.429 bits per heavy atom. The van der Waals surface area contributed by atoms with E-state index in [-0.39, 0.29) is 0 Å². The number of fused-ring (bicyclic) bond motifs is 10. The van der Waals surface area contributed by atoms with Gasteiger partial charge in [-0.2, -0.15) is 0 Å². The Morgan fingerprint density at radius 2 is 1.05 bits per heavy atom. The SMILES string of the molecule is c1ccc(-c2nnn(-c3cccc4c5ccccc5n(-c5cccc(-n6c7ccccc7c7c8oc9ccccc9c8ccc76)c5)c34)c2-c2ccccc2)cc1. The molecule has 6 heteroatoms. The fraction of sp³-hybridized carbons (Fsp3) is 0. The smallest absolute Gasteiger partial charge is 0.145 e. The van der Waals surface area contributed by atoms with Crippen LogP contribution in [0, 0.1) is 0 Å². The second-order valence-corrected chi connectivity index (χ2v) is 14.3. The summed E-state index contributed by atoms with van der Waals surface area (Å²) < 4.78 is 13.4. The van der Waals surface area contributed by atoms with Gasteiger partial charge < -0.3 is 13.6 Å². The lowest BCUT2D eigenvalue weighted by Gasteiger charge is -2.15. The number of nitrogens with zero attached hydrogens (tertiary/aromatic N) is 5. The number of para-hydroxylation sites is 4. The van der Waals surface area contributed by atoms with Gasteiger partial charge in [-0.25, -0.2) is 4.68 Å². The van der Waals surface area contributed by atoms with Gasteiger partial charge in [-0.1, -0.05) is 139 Å². The van der Waals surface area contributed by atoms with Crippen LogP contribution < -0.4 is 0 Å². The van der Waals surface area contributed by atoms with E-state index in [1.807, 2.05) is 35.0 Å². The molecule has 56 heavy (non-hydrogen) atoms. The first-order chi connectivity index (χ1) is 27.8. The third kappa shape index (κ3) is 4.38. The van der Waals surface area contributed by atoms with Crippen molar-refractivity contribution in [2.75, 3.05) is 0 Å². The third-order valence-corrected chi connectivity index (χ3v) is 11.2. The third-order valence-electron chi connectivity index (χ3n) is 11.2. The van der Waals surface area contributed by atoms with Crippen molar-refractivity contribution in [3.05, 3.63) is 188 Å². The molecule has 12 aromatic rings. The van der Waals surface area contributed by atoms with Crippen molar-refractivity contribution in [3.63, 3.8) is 0 Å². The Balaban J connectivity index is 1.13. The van der Waals surface area contributed by atoms with Crippen molar-refractivity contribution in [1.82, 2.24) is 24.1 Å². The maximum Gasteiger partial charge on any atom is 0.145 e. The van der Waals surface area contributed by atoms with Gasteiger partial charge in [0.1, 0.15) is 22.6 Å². The van der Waals surface area contributed by atoms with Crippen LogP contribution in [0.4, 0.5) is 0 Å². The fourth-order valence-corrected chi connectivity index (χ4v) is 8.82. The van der Waals surface area contributed by atoms with Crippen molar-refractivity contribution < 1.29 is 4.42 Å². The zero-order valence-electron chi connectivity index (χ0n) is 30.0. The van der Waals surface area contributed by atoms with Crippen LogP contribution in [-0.2, 0) is 0 Å². The van der Waals surface area contributed by atoms with Crippen molar-refractivity contribution >= 4 is 65.6 Å². The quantitative estimate of drug-likeness (QED) is 0.178. The summed E-state index contributed by atoms with van der Waals surface area (Å²) in [5.74, 6) is 0. The normalized spacial score (nSPS) is 11.9. The predicted molar refractivity (Wildman–Crippen MR) is 228 cm³/mol. The molecule has 6 nitrogen and oxygen atoms in total. The van der Waals surface area contributed by atoms with Gasteiger partial charge in [0.2, 0.25) is 0 Å². The van der Waals surface area contributed by atoms with E-state index >= 15 is 0 Å². The lowest BCUT2D eigenvalue weighted by atomic mass is 10.0. The molecule has 0 aliphatic rings. The van der Waals surface area contributed by atoms with Gasteiger partial charge in [0.15, 0.2) is 0 Å². The fourth-order valence-electron chi connectivity index (χ4n) is 8.82. The van der Waals surface area contributed by atoms with Crippen molar-refractivity contribution in [2.24, 2.45) is 0 Å². The minimum atomic E-state index is 0.836. The highest BCUT2D eigenvalue weighted by Crippen LogP contribution is 2.42. The van der Waals surface area contributed by atoms with Gasteiger partial charge >= 0.3 is 0 Å². The highest BCUT2D eigenvalue weighted by Gasteiger charge is 2.24. The number of furan rings is 1. The maximum absolute atomic E-state index is 6.60. The van der Waals surface area contributed by atoms with Gasteiger partial charge in [0.05, 0.1) is 33.1 Å². The first-order valence-electron chi connectivity index (χ1n) is 18.9. The molecule has 0 aliphatic carbocycles. The van der Waals surface area contributed by atoms with E-state index in [9.17, 15) is 0 Å². The minimum Gasteiger partial charge on any atom is -0.455 e. The summed E-state index contributed by atoms with van der Waals surface area (Å²) in [7, 11) is 0. The van der Waals surface area contributed by atoms with Crippen LogP contribution in [0.3, 0.4) is 0 Å². The van der Waals surface area contributed by atoms with E-state index in [1.54, 1.807) is 0 Å². The Morgan fingerprint density at radius 3 is 1.86 bits per heavy atom. The molecule has 0 fully saturated rings. The van der Waals surface area contributed by atoms with Crippen LogP contribution in [-0.4, -0.2) is 24.1 Å². The summed E-state index contributed by atoms with van der Waals surface area (Å²) >= 11 is 0. The van der Waals surface area contributed by atoms with E-state index in [4.69, 9.17) is 14.7 Å². The highest BCUT2D eigenvalue weighted by atomic mass is 16.3. The zero-order valence-corrected chi connectivity index (χ0v) is 30.0. The molecule has 0 unspecified atom stereocenters. The van der Waals surface area contributed by atoms with Crippen molar-refractivity contribution in [2.45, 2.75) is 0 Å². The molecular formula is C50H31N5O. The molecule has 4 aromatic heterocycles. The highest BCUT2D eigenvalue weighted by molar-refractivity contribution is 6.24. The van der Waals surface area contributed by atoms with Gasteiger partial charge in [0, 0.05) is 49.4 Å². The average Bonchev–Trinajstić information content (AvgIpc) is 4.04. The molecule has 0 saturated carbocycles. The predicted octanol–water partition coefficient (Wildman–Crippen LogP) is 12.7. The minimum absolute atomic E-state index is 0.836. The summed E-state index contributed by atoms with van der Waals surface area (Å²) in [4.78, 5) is 0. The molecule has 0 spiro atoms. The molecule has 0 N–H and O–H groups in total. The number of benzene rings is 8. The average molecular weight is 718 g/mol. The van der Waals surface area contributed by atoms with Gasteiger partial charge in [-0.05, 0) is 54.6 Å². The van der Waals surface area contributed by atoms with Crippen LogP contribution >= 0.6 is 0 Å². The maximum atomic E-state index is 6.60. The van der Waals surface area contributed by atoms with E-state index < -0.39 is 0 Å². The molecule has 0 saturated heterocycles. The molecule has 4 heterocycles. The van der Waals surface area contributed by atoms with E-state index in [2.05, 4.69) is 167 Å². The topological polar surface area (TPSA) is 53.7 Å². The molecule has 0 bridgehead atoms. The standard InChI is InChI=1S/C50H31N5O/c1-3-15-32(16-4-1)47-48(33-17-5-2-6-18-33)55(52-51-47)44-27-14-24-38-36-21-7-10-25-41(36)54(49(38)44)35-20-13-19-34(31-35)53-42-26-11-8-23-40(42)46-43(53)30-29-39-37-22-9-12-28-45(37)56-50(39)46/h1-31H. The Kier molecular flexibility index (Phi) is 6.53. The van der Waals surface area contributed by atoms with E-state index in [0.29, 0.717) is 0 Å². The number of rotatable bonds is 5. The van der Waals surface area contributed by atoms with Crippen LogP contribution in [0.25, 0.3) is 105 Å². The van der Waals surface area contributed by atoms with Crippen LogP contribution in [0.5, 0.6) is 0 Å². The Bertz CT molecular complexity index is 3480. The first-order valence-corrected chi connectivity index (χ1v) is 18.9. The van der Waals surface area contributed by atoms with Crippen LogP contribution in [0.2, 0.25) is 0 Å². The molecule has 0 amide bonds. The van der Waals surface area contributed by atoms with Gasteiger partial charge in [0.25, 0.3) is 0 Å².